The Balaban J connectivity index is 0.00000320. The smallest absolute Gasteiger partial charge is 0.198 e. The number of benzene rings is 2. The summed E-state index contributed by atoms with van der Waals surface area (Å²) >= 11 is 0. The second kappa shape index (κ2) is 9.49. The summed E-state index contributed by atoms with van der Waals surface area (Å²) in [5.74, 6) is -3.11. The average Bonchev–Trinajstić information content (AvgIpc) is 2.82. The number of carbonyl (C=O) groups excluding carboxylic acids is 3. The lowest BCUT2D eigenvalue weighted by Gasteiger charge is -2.42. The van der Waals surface area contributed by atoms with Crippen LogP contribution in [0.2, 0.25) is 0 Å². The zero-order chi connectivity index (χ0) is 26.1. The molecule has 198 valence electrons. The summed E-state index contributed by atoms with van der Waals surface area (Å²) in [6, 6.07) is 6.12. The summed E-state index contributed by atoms with van der Waals surface area (Å²) in [7, 11) is 0. The zero-order valence-electron chi connectivity index (χ0n) is 20.6. The van der Waals surface area contributed by atoms with Crippen molar-refractivity contribution in [3.8, 4) is 11.5 Å². The van der Waals surface area contributed by atoms with Crippen molar-refractivity contribution in [3.63, 3.8) is 0 Å². The largest absolute Gasteiger partial charge is 0.507 e. The molecule has 0 unspecified atom stereocenters. The molecule has 0 spiro atoms. The number of aromatic hydroxyl groups is 2. The van der Waals surface area contributed by atoms with E-state index in [1.54, 1.807) is 19.1 Å². The lowest BCUT2D eigenvalue weighted by molar-refractivity contribution is -0.255. The van der Waals surface area contributed by atoms with E-state index in [1.165, 1.54) is 19.1 Å². The lowest BCUT2D eigenvalue weighted by Crippen LogP contribution is -2.47. The first-order chi connectivity index (χ1) is 16.9. The lowest BCUT2D eigenvalue weighted by atomic mass is 9.72. The Morgan fingerprint density at radius 3 is 2.16 bits per heavy atom. The van der Waals surface area contributed by atoms with Crippen LogP contribution in [0.4, 0.5) is 0 Å². The number of ether oxygens (including phenoxy) is 2. The monoisotopic (exact) mass is 532 g/mol. The molecule has 10 heteroatoms. The summed E-state index contributed by atoms with van der Waals surface area (Å²) in [4.78, 5) is 39.1. The minimum absolute atomic E-state index is 0. The number of hydrogen-bond acceptors (Lipinski definition) is 9. The number of phenols is 2. The fourth-order valence-electron chi connectivity index (χ4n) is 5.62. The molecule has 1 aliphatic heterocycles. The molecular formula is C27H29ClO9. The minimum Gasteiger partial charge on any atom is -0.507 e. The SMILES string of the molecule is CC(=O)[C@]1(O)Cc2c(O)c3c(c(O)c2[C@@H](O[C@H]2C[C@H](C)[C@H](O)[C@H](C)O2)C1)C(=O)c1ccccc1C3=O.Cl. The molecule has 0 radical (unpaired) electrons. The van der Waals surface area contributed by atoms with Crippen LogP contribution in [0, 0.1) is 5.92 Å². The van der Waals surface area contributed by atoms with Crippen molar-refractivity contribution in [2.45, 2.75) is 70.2 Å². The van der Waals surface area contributed by atoms with Crippen molar-refractivity contribution in [2.24, 2.45) is 5.92 Å². The number of rotatable bonds is 3. The predicted molar refractivity (Wildman–Crippen MR) is 132 cm³/mol. The number of ketones is 3. The second-order valence-corrected chi connectivity index (χ2v) is 10.1. The third-order valence-corrected chi connectivity index (χ3v) is 7.74. The summed E-state index contributed by atoms with van der Waals surface area (Å²) in [5, 5.41) is 44.0. The molecule has 0 saturated carbocycles. The number of hydrogen-bond donors (Lipinski definition) is 4. The van der Waals surface area contributed by atoms with Crippen molar-refractivity contribution < 1.29 is 44.3 Å². The highest BCUT2D eigenvalue weighted by atomic mass is 35.5. The third-order valence-electron chi connectivity index (χ3n) is 7.74. The first kappa shape index (κ1) is 27.2. The Labute approximate surface area is 219 Å². The van der Waals surface area contributed by atoms with Gasteiger partial charge in [-0.15, -0.1) is 12.4 Å². The molecule has 1 saturated heterocycles. The van der Waals surface area contributed by atoms with Crippen molar-refractivity contribution in [3.05, 3.63) is 57.6 Å². The first-order valence-corrected chi connectivity index (χ1v) is 12.0. The summed E-state index contributed by atoms with van der Waals surface area (Å²) in [5.41, 5.74) is -2.44. The van der Waals surface area contributed by atoms with Crippen molar-refractivity contribution >= 4 is 29.8 Å². The van der Waals surface area contributed by atoms with Crippen LogP contribution in [-0.4, -0.2) is 61.9 Å². The van der Waals surface area contributed by atoms with Crippen molar-refractivity contribution in [2.75, 3.05) is 0 Å². The maximum Gasteiger partial charge on any atom is 0.198 e. The predicted octanol–water partition coefficient (Wildman–Crippen LogP) is 2.75. The Bertz CT molecular complexity index is 1290. The van der Waals surface area contributed by atoms with Crippen LogP contribution in [0.25, 0.3) is 0 Å². The Kier molecular flexibility index (Phi) is 6.98. The van der Waals surface area contributed by atoms with Gasteiger partial charge >= 0.3 is 0 Å². The molecule has 1 heterocycles. The summed E-state index contributed by atoms with van der Waals surface area (Å²) in [6.45, 7) is 4.74. The van der Waals surface area contributed by atoms with Gasteiger partial charge in [0.15, 0.2) is 23.6 Å². The maximum absolute atomic E-state index is 13.3. The van der Waals surface area contributed by atoms with Gasteiger partial charge in [-0.25, -0.2) is 0 Å². The van der Waals surface area contributed by atoms with Crippen LogP contribution < -0.4 is 0 Å². The first-order valence-electron chi connectivity index (χ1n) is 12.0. The van der Waals surface area contributed by atoms with E-state index < -0.39 is 59.1 Å². The highest BCUT2D eigenvalue weighted by Gasteiger charge is 2.49. The normalized spacial score (nSPS) is 30.6. The van der Waals surface area contributed by atoms with Crippen LogP contribution in [0.3, 0.4) is 0 Å². The van der Waals surface area contributed by atoms with E-state index in [1.807, 2.05) is 6.92 Å². The van der Waals surface area contributed by atoms with Crippen LogP contribution in [0.15, 0.2) is 24.3 Å². The summed E-state index contributed by atoms with van der Waals surface area (Å²) in [6.07, 6.45) is -3.56. The molecule has 6 atom stereocenters. The maximum atomic E-state index is 13.3. The molecule has 37 heavy (non-hydrogen) atoms. The molecule has 2 aromatic carbocycles. The molecule has 2 aromatic rings. The highest BCUT2D eigenvalue weighted by Crippen LogP contribution is 2.52. The molecule has 0 bridgehead atoms. The van der Waals surface area contributed by atoms with Crippen LogP contribution >= 0.6 is 12.4 Å². The van der Waals surface area contributed by atoms with Gasteiger partial charge in [0.05, 0.1) is 29.4 Å². The van der Waals surface area contributed by atoms with Gasteiger partial charge in [-0.05, 0) is 19.8 Å². The number of fused-ring (bicyclic) bond motifs is 3. The van der Waals surface area contributed by atoms with E-state index >= 15 is 0 Å². The molecule has 4 N–H and O–H groups in total. The highest BCUT2D eigenvalue weighted by molar-refractivity contribution is 6.30. The van der Waals surface area contributed by atoms with Gasteiger partial charge in [-0.2, -0.15) is 0 Å². The van der Waals surface area contributed by atoms with Crippen molar-refractivity contribution in [1.29, 1.82) is 0 Å². The topological polar surface area (TPSA) is 151 Å². The van der Waals surface area contributed by atoms with E-state index in [4.69, 9.17) is 9.47 Å². The molecule has 3 aliphatic rings. The Hall–Kier alpha value is -2.82. The quantitative estimate of drug-likeness (QED) is 0.373. The van der Waals surface area contributed by atoms with Gasteiger partial charge in [0.2, 0.25) is 0 Å². The number of aliphatic hydroxyl groups excluding tert-OH is 1. The minimum atomic E-state index is -1.94. The Morgan fingerprint density at radius 2 is 1.62 bits per heavy atom. The van der Waals surface area contributed by atoms with E-state index in [-0.39, 0.29) is 64.5 Å². The third kappa shape index (κ3) is 4.15. The van der Waals surface area contributed by atoms with Crippen LogP contribution in [-0.2, 0) is 20.7 Å². The van der Waals surface area contributed by atoms with E-state index in [2.05, 4.69) is 0 Å². The molecule has 1 fully saturated rings. The molecule has 0 aromatic heterocycles. The number of halogens is 1. The number of Topliss-reactive ketones (excluding diaryl/α,β-unsaturated/α-hetero) is 1. The van der Waals surface area contributed by atoms with Crippen LogP contribution in [0.5, 0.6) is 11.5 Å². The molecular weight excluding hydrogens is 504 g/mol. The van der Waals surface area contributed by atoms with Gasteiger partial charge in [-0.1, -0.05) is 31.2 Å². The van der Waals surface area contributed by atoms with Gasteiger partial charge < -0.3 is 29.9 Å². The average molecular weight is 533 g/mol. The molecule has 2 aliphatic carbocycles. The number of phenolic OH excluding ortho intramolecular Hbond substituents is 2. The second-order valence-electron chi connectivity index (χ2n) is 10.1. The van der Waals surface area contributed by atoms with Gasteiger partial charge in [0.25, 0.3) is 0 Å². The molecule has 9 nitrogen and oxygen atoms in total. The van der Waals surface area contributed by atoms with Gasteiger partial charge in [0, 0.05) is 41.5 Å². The van der Waals surface area contributed by atoms with Crippen molar-refractivity contribution in [1.82, 2.24) is 0 Å². The standard InChI is InChI=1S/C27H28O9.ClH/c1-11-8-18(35-12(2)22(11)29)36-17-10-27(34,13(3)28)9-16-19(17)26(33)21-20(25(16)32)23(30)14-6-4-5-7-15(14)24(21)31;/h4-7,11-12,17-18,22,29,32-34H,8-10H2,1-3H3;1H/t11-,12-,17-,18-,22-,27-;/m0./s1. The van der Waals surface area contributed by atoms with E-state index in [0.29, 0.717) is 6.42 Å². The fraction of sp³-hybridized carbons (Fsp3) is 0.444. The molecule has 0 amide bonds. The van der Waals surface area contributed by atoms with E-state index in [9.17, 15) is 34.8 Å². The van der Waals surface area contributed by atoms with Gasteiger partial charge in [-0.3, -0.25) is 14.4 Å². The van der Waals surface area contributed by atoms with Gasteiger partial charge in [0.1, 0.15) is 17.1 Å². The molecule has 5 rings (SSSR count). The Morgan fingerprint density at radius 1 is 1.05 bits per heavy atom. The van der Waals surface area contributed by atoms with E-state index in [0.717, 1.165) is 0 Å². The summed E-state index contributed by atoms with van der Waals surface area (Å²) < 4.78 is 11.9. The zero-order valence-corrected chi connectivity index (χ0v) is 21.4. The number of aliphatic hydroxyl groups is 2. The fourth-order valence-corrected chi connectivity index (χ4v) is 5.62. The number of carbonyl (C=O) groups is 3. The van der Waals surface area contributed by atoms with Crippen LogP contribution in [0.1, 0.15) is 82.7 Å².